The Balaban J connectivity index is 2.04. The van der Waals surface area contributed by atoms with Gasteiger partial charge in [0.25, 0.3) is 0 Å². The van der Waals surface area contributed by atoms with Crippen LogP contribution in [0.2, 0.25) is 0 Å². The first-order valence-electron chi connectivity index (χ1n) is 6.70. The van der Waals surface area contributed by atoms with E-state index in [1.54, 1.807) is 11.3 Å². The Morgan fingerprint density at radius 3 is 2.26 bits per heavy atom. The molecule has 0 bridgehead atoms. The third kappa shape index (κ3) is 3.64. The number of benzene rings is 1. The number of nitrogens with zero attached hydrogens (tertiary/aromatic N) is 1. The van der Waals surface area contributed by atoms with Gasteiger partial charge in [0, 0.05) is 17.5 Å². The molecule has 1 aromatic carbocycles. The zero-order valence-electron chi connectivity index (χ0n) is 12.4. The van der Waals surface area contributed by atoms with Crippen LogP contribution in [-0.2, 0) is 6.54 Å². The van der Waals surface area contributed by atoms with Crippen molar-refractivity contribution >= 4 is 11.3 Å². The van der Waals surface area contributed by atoms with Crippen LogP contribution in [0, 0.1) is 27.7 Å². The van der Waals surface area contributed by atoms with Crippen LogP contribution in [0.5, 0.6) is 0 Å². The maximum Gasteiger partial charge on any atom is 0.0900 e. The van der Waals surface area contributed by atoms with Crippen LogP contribution in [0.4, 0.5) is 0 Å². The maximum atomic E-state index is 4.49. The molecule has 102 valence electrons. The number of nitrogens with one attached hydrogen (secondary N) is 1. The van der Waals surface area contributed by atoms with Gasteiger partial charge in [-0.25, -0.2) is 4.98 Å². The van der Waals surface area contributed by atoms with Crippen molar-refractivity contribution < 1.29 is 0 Å². The zero-order valence-corrected chi connectivity index (χ0v) is 13.2. The first-order chi connectivity index (χ1) is 8.95. The molecule has 1 N–H and O–H groups in total. The van der Waals surface area contributed by atoms with Gasteiger partial charge in [-0.1, -0.05) is 29.3 Å². The second kappa shape index (κ2) is 5.85. The molecular formula is C16H22N2S. The molecule has 0 aliphatic carbocycles. The van der Waals surface area contributed by atoms with E-state index in [0.717, 1.165) is 17.2 Å². The van der Waals surface area contributed by atoms with Gasteiger partial charge in [-0.2, -0.15) is 0 Å². The van der Waals surface area contributed by atoms with Crippen LogP contribution in [0.25, 0.3) is 0 Å². The molecule has 0 spiro atoms. The summed E-state index contributed by atoms with van der Waals surface area (Å²) in [5, 5.41) is 4.74. The first-order valence-corrected chi connectivity index (χ1v) is 7.52. The highest BCUT2D eigenvalue weighted by Crippen LogP contribution is 2.24. The molecule has 0 amide bonds. The topological polar surface area (TPSA) is 24.9 Å². The summed E-state index contributed by atoms with van der Waals surface area (Å²) < 4.78 is 0. The second-order valence-corrected chi connectivity index (χ2v) is 6.52. The molecule has 2 rings (SSSR count). The number of aromatic nitrogens is 1. The summed E-state index contributed by atoms with van der Waals surface area (Å²) in [7, 11) is 0. The van der Waals surface area contributed by atoms with Crippen LogP contribution in [0.15, 0.2) is 18.2 Å². The molecule has 2 aromatic rings. The summed E-state index contributed by atoms with van der Waals surface area (Å²) in [6.07, 6.45) is 0. The molecule has 0 fully saturated rings. The highest BCUT2D eigenvalue weighted by molar-refractivity contribution is 7.11. The van der Waals surface area contributed by atoms with Crippen molar-refractivity contribution in [2.45, 2.75) is 47.2 Å². The minimum absolute atomic E-state index is 0.354. The fraction of sp³-hybridized carbons (Fsp3) is 0.438. The van der Waals surface area contributed by atoms with E-state index >= 15 is 0 Å². The molecule has 0 saturated carbocycles. The number of thiazole rings is 1. The van der Waals surface area contributed by atoms with Gasteiger partial charge in [0.2, 0.25) is 0 Å². The van der Waals surface area contributed by atoms with Crippen LogP contribution in [0.3, 0.4) is 0 Å². The van der Waals surface area contributed by atoms with E-state index in [1.807, 2.05) is 0 Å². The van der Waals surface area contributed by atoms with Gasteiger partial charge < -0.3 is 5.32 Å². The molecular weight excluding hydrogens is 252 g/mol. The lowest BCUT2D eigenvalue weighted by Crippen LogP contribution is -2.18. The Morgan fingerprint density at radius 1 is 1.11 bits per heavy atom. The van der Waals surface area contributed by atoms with Gasteiger partial charge in [0.1, 0.15) is 0 Å². The van der Waals surface area contributed by atoms with Gasteiger partial charge in [-0.3, -0.25) is 0 Å². The Morgan fingerprint density at radius 2 is 1.74 bits per heavy atom. The largest absolute Gasteiger partial charge is 0.305 e. The van der Waals surface area contributed by atoms with Crippen LogP contribution >= 0.6 is 11.3 Å². The van der Waals surface area contributed by atoms with Gasteiger partial charge in [0.05, 0.1) is 10.7 Å². The summed E-state index contributed by atoms with van der Waals surface area (Å²) >= 11 is 1.79. The van der Waals surface area contributed by atoms with Crippen molar-refractivity contribution in [3.05, 3.63) is 50.5 Å². The van der Waals surface area contributed by atoms with Gasteiger partial charge in [0.15, 0.2) is 0 Å². The van der Waals surface area contributed by atoms with E-state index in [2.05, 4.69) is 63.1 Å². The van der Waals surface area contributed by atoms with E-state index in [-0.39, 0.29) is 0 Å². The lowest BCUT2D eigenvalue weighted by Gasteiger charge is -2.13. The first kappa shape index (κ1) is 14.2. The van der Waals surface area contributed by atoms with Crippen molar-refractivity contribution in [1.82, 2.24) is 10.3 Å². The molecule has 1 unspecified atom stereocenters. The Bertz CT molecular complexity index is 552. The van der Waals surface area contributed by atoms with Gasteiger partial charge in [-0.05, 0) is 40.2 Å². The molecule has 3 heteroatoms. The summed E-state index contributed by atoms with van der Waals surface area (Å²) in [5.41, 5.74) is 5.16. The Labute approximate surface area is 119 Å². The molecule has 1 atom stereocenters. The molecule has 0 saturated heterocycles. The number of rotatable bonds is 4. The minimum atomic E-state index is 0.354. The lowest BCUT2D eigenvalue weighted by molar-refractivity contribution is 0.579. The predicted molar refractivity (Wildman–Crippen MR) is 82.8 cm³/mol. The molecule has 1 aromatic heterocycles. The van der Waals surface area contributed by atoms with Crippen molar-refractivity contribution in [2.75, 3.05) is 0 Å². The number of hydrogen-bond donors (Lipinski definition) is 1. The number of hydrogen-bond acceptors (Lipinski definition) is 3. The highest BCUT2D eigenvalue weighted by Gasteiger charge is 2.12. The summed E-state index contributed by atoms with van der Waals surface area (Å²) in [5.74, 6) is 0. The summed E-state index contributed by atoms with van der Waals surface area (Å²) in [6.45, 7) is 11.6. The van der Waals surface area contributed by atoms with Crippen molar-refractivity contribution in [3.63, 3.8) is 0 Å². The molecule has 0 aliphatic heterocycles. The van der Waals surface area contributed by atoms with Crippen LogP contribution in [0.1, 0.15) is 45.2 Å². The minimum Gasteiger partial charge on any atom is -0.305 e. The second-order valence-electron chi connectivity index (χ2n) is 5.28. The van der Waals surface area contributed by atoms with Crippen LogP contribution < -0.4 is 5.32 Å². The average molecular weight is 274 g/mol. The average Bonchev–Trinajstić information content (AvgIpc) is 2.64. The third-order valence-electron chi connectivity index (χ3n) is 3.23. The normalized spacial score (nSPS) is 12.7. The van der Waals surface area contributed by atoms with Crippen molar-refractivity contribution in [3.8, 4) is 0 Å². The molecule has 0 aliphatic rings. The van der Waals surface area contributed by atoms with Gasteiger partial charge >= 0.3 is 0 Å². The number of aryl methyl sites for hydroxylation is 4. The maximum absolute atomic E-state index is 4.49. The molecule has 19 heavy (non-hydrogen) atoms. The monoisotopic (exact) mass is 274 g/mol. The van der Waals surface area contributed by atoms with E-state index in [9.17, 15) is 0 Å². The third-order valence-corrected chi connectivity index (χ3v) is 4.48. The van der Waals surface area contributed by atoms with E-state index in [1.165, 1.54) is 21.6 Å². The van der Waals surface area contributed by atoms with Crippen molar-refractivity contribution in [1.29, 1.82) is 0 Å². The van der Waals surface area contributed by atoms with Crippen molar-refractivity contribution in [2.24, 2.45) is 0 Å². The molecule has 2 nitrogen and oxygen atoms in total. The fourth-order valence-electron chi connectivity index (χ4n) is 2.48. The predicted octanol–water partition coefficient (Wildman–Crippen LogP) is 4.23. The van der Waals surface area contributed by atoms with Crippen LogP contribution in [-0.4, -0.2) is 4.98 Å². The summed E-state index contributed by atoms with van der Waals surface area (Å²) in [4.78, 5) is 5.84. The van der Waals surface area contributed by atoms with E-state index in [4.69, 9.17) is 0 Å². The molecule has 1 heterocycles. The SMILES string of the molecule is Cc1cc(C)cc(CNC(C)c2sc(C)nc2C)c1. The lowest BCUT2D eigenvalue weighted by atomic mass is 10.1. The Kier molecular flexibility index (Phi) is 4.38. The zero-order chi connectivity index (χ0) is 14.0. The van der Waals surface area contributed by atoms with Gasteiger partial charge in [-0.15, -0.1) is 11.3 Å². The quantitative estimate of drug-likeness (QED) is 0.902. The summed E-state index contributed by atoms with van der Waals surface area (Å²) in [6, 6.07) is 7.06. The van der Waals surface area contributed by atoms with E-state index < -0.39 is 0 Å². The smallest absolute Gasteiger partial charge is 0.0900 e. The Hall–Kier alpha value is -1.19. The standard InChI is InChI=1S/C16H22N2S/c1-10-6-11(2)8-15(7-10)9-17-12(3)16-13(4)18-14(5)19-16/h6-8,12,17H,9H2,1-5H3. The highest BCUT2D eigenvalue weighted by atomic mass is 32.1. The molecule has 0 radical (unpaired) electrons. The fourth-order valence-corrected chi connectivity index (χ4v) is 3.44. The van der Waals surface area contributed by atoms with E-state index in [0.29, 0.717) is 6.04 Å².